The maximum atomic E-state index is 12.4. The van der Waals surface area contributed by atoms with Crippen LogP contribution in [-0.2, 0) is 9.84 Å². The Balaban J connectivity index is 2.59. The second-order valence-electron chi connectivity index (χ2n) is 3.72. The summed E-state index contributed by atoms with van der Waals surface area (Å²) in [5.74, 6) is 0. The van der Waals surface area contributed by atoms with Crippen LogP contribution in [0.5, 0.6) is 0 Å². The highest BCUT2D eigenvalue weighted by Crippen LogP contribution is 2.26. The molecule has 0 radical (unpaired) electrons. The molecule has 0 atom stereocenters. The third-order valence-corrected chi connectivity index (χ3v) is 4.26. The normalized spacial score (nSPS) is 10.4. The molecule has 0 aromatic heterocycles. The molecule has 92 valence electrons. The van der Waals surface area contributed by atoms with Crippen LogP contribution in [0.1, 0.15) is 0 Å². The van der Waals surface area contributed by atoms with Gasteiger partial charge in [0, 0.05) is 0 Å². The first-order chi connectivity index (χ1) is 9.07. The van der Waals surface area contributed by atoms with Gasteiger partial charge < -0.3 is 0 Å². The van der Waals surface area contributed by atoms with E-state index in [1.54, 1.807) is 12.1 Å². The molecule has 0 aliphatic carbocycles. The van der Waals surface area contributed by atoms with Gasteiger partial charge in [-0.2, -0.15) is 0 Å². The molecule has 0 aliphatic heterocycles. The van der Waals surface area contributed by atoms with Crippen molar-refractivity contribution in [3.05, 3.63) is 71.4 Å². The standard InChI is InChI=1S/C14H8N2O2S/c1-15-11-5-3-7-13(9-11)19(17,18)14-8-4-6-12(10-14)16-2/h3-10H. The predicted octanol–water partition coefficient (Wildman–Crippen LogP) is 3.62. The summed E-state index contributed by atoms with van der Waals surface area (Å²) in [5, 5.41) is 0. The van der Waals surface area contributed by atoms with E-state index in [1.165, 1.54) is 36.4 Å². The topological polar surface area (TPSA) is 42.9 Å². The molecule has 0 bridgehead atoms. The van der Waals surface area contributed by atoms with Crippen molar-refractivity contribution in [1.29, 1.82) is 0 Å². The van der Waals surface area contributed by atoms with Gasteiger partial charge in [0.1, 0.15) is 0 Å². The number of hydrogen-bond donors (Lipinski definition) is 0. The van der Waals surface area contributed by atoms with Gasteiger partial charge in [0.15, 0.2) is 11.4 Å². The van der Waals surface area contributed by atoms with Crippen molar-refractivity contribution in [3.8, 4) is 0 Å². The maximum absolute atomic E-state index is 12.4. The fraction of sp³-hybridized carbons (Fsp3) is 0. The van der Waals surface area contributed by atoms with E-state index >= 15 is 0 Å². The summed E-state index contributed by atoms with van der Waals surface area (Å²) in [6, 6.07) is 11.7. The third kappa shape index (κ3) is 2.47. The quantitative estimate of drug-likeness (QED) is 0.781. The molecule has 5 heteroatoms. The first-order valence-electron chi connectivity index (χ1n) is 5.28. The molecular weight excluding hydrogens is 260 g/mol. The predicted molar refractivity (Wildman–Crippen MR) is 70.9 cm³/mol. The van der Waals surface area contributed by atoms with Gasteiger partial charge in [-0.3, -0.25) is 0 Å². The van der Waals surface area contributed by atoms with E-state index in [0.29, 0.717) is 0 Å². The van der Waals surface area contributed by atoms with Crippen molar-refractivity contribution in [2.24, 2.45) is 0 Å². The van der Waals surface area contributed by atoms with Gasteiger partial charge in [0.25, 0.3) is 0 Å². The lowest BCUT2D eigenvalue weighted by molar-refractivity contribution is 0.596. The van der Waals surface area contributed by atoms with Crippen LogP contribution in [-0.4, -0.2) is 8.42 Å². The fourth-order valence-electron chi connectivity index (χ4n) is 1.58. The van der Waals surface area contributed by atoms with Gasteiger partial charge in [0.05, 0.1) is 22.9 Å². The minimum atomic E-state index is -3.69. The number of hydrogen-bond acceptors (Lipinski definition) is 2. The average Bonchev–Trinajstić information content (AvgIpc) is 2.47. The van der Waals surface area contributed by atoms with Crippen LogP contribution in [0.2, 0.25) is 0 Å². The molecule has 0 unspecified atom stereocenters. The maximum Gasteiger partial charge on any atom is 0.204 e. The Bertz CT molecular complexity index is 748. The average molecular weight is 268 g/mol. The lowest BCUT2D eigenvalue weighted by Crippen LogP contribution is -2.01. The van der Waals surface area contributed by atoms with Crippen LogP contribution in [0, 0.1) is 13.1 Å². The lowest BCUT2D eigenvalue weighted by atomic mass is 10.3. The number of rotatable bonds is 2. The molecule has 0 saturated heterocycles. The smallest absolute Gasteiger partial charge is 0.204 e. The molecule has 0 fully saturated rings. The zero-order valence-corrected chi connectivity index (χ0v) is 10.6. The molecule has 0 N–H and O–H groups in total. The van der Waals surface area contributed by atoms with E-state index in [-0.39, 0.29) is 21.2 Å². The summed E-state index contributed by atoms with van der Waals surface area (Å²) in [6.45, 7) is 13.8. The molecule has 0 heterocycles. The highest BCUT2D eigenvalue weighted by Gasteiger charge is 2.17. The third-order valence-electron chi connectivity index (χ3n) is 2.51. The van der Waals surface area contributed by atoms with Crippen molar-refractivity contribution >= 4 is 21.2 Å². The number of benzene rings is 2. The van der Waals surface area contributed by atoms with E-state index < -0.39 is 9.84 Å². The van der Waals surface area contributed by atoms with E-state index in [0.717, 1.165) is 0 Å². The Labute approximate surface area is 111 Å². The van der Waals surface area contributed by atoms with Crippen molar-refractivity contribution in [1.82, 2.24) is 0 Å². The van der Waals surface area contributed by atoms with Crippen molar-refractivity contribution in [2.75, 3.05) is 0 Å². The van der Waals surface area contributed by atoms with Gasteiger partial charge in [-0.1, -0.05) is 24.3 Å². The van der Waals surface area contributed by atoms with Crippen LogP contribution >= 0.6 is 0 Å². The van der Waals surface area contributed by atoms with Gasteiger partial charge in [0.2, 0.25) is 9.84 Å². The monoisotopic (exact) mass is 268 g/mol. The lowest BCUT2D eigenvalue weighted by Gasteiger charge is -2.05. The number of sulfone groups is 1. The Hall–Kier alpha value is -2.63. The van der Waals surface area contributed by atoms with Crippen LogP contribution in [0.15, 0.2) is 58.3 Å². The second kappa shape index (κ2) is 4.93. The zero-order chi connectivity index (χ0) is 13.9. The minimum absolute atomic E-state index is 0.0585. The van der Waals surface area contributed by atoms with Crippen molar-refractivity contribution < 1.29 is 8.42 Å². The summed E-state index contributed by atoms with van der Waals surface area (Å²) in [7, 11) is -3.69. The molecule has 4 nitrogen and oxygen atoms in total. The second-order valence-corrected chi connectivity index (χ2v) is 5.67. The Morgan fingerprint density at radius 3 is 1.58 bits per heavy atom. The minimum Gasteiger partial charge on any atom is -0.238 e. The summed E-state index contributed by atoms with van der Waals surface area (Å²) in [5.41, 5.74) is 0.532. The molecule has 19 heavy (non-hydrogen) atoms. The first-order valence-corrected chi connectivity index (χ1v) is 6.76. The zero-order valence-electron chi connectivity index (χ0n) is 9.74. The molecule has 2 aromatic rings. The fourth-order valence-corrected chi connectivity index (χ4v) is 2.92. The van der Waals surface area contributed by atoms with Crippen LogP contribution in [0.3, 0.4) is 0 Å². The van der Waals surface area contributed by atoms with Gasteiger partial charge in [-0.25, -0.2) is 18.1 Å². The Kier molecular flexibility index (Phi) is 3.33. The molecule has 0 aliphatic rings. The summed E-state index contributed by atoms with van der Waals surface area (Å²) in [4.78, 5) is 6.54. The van der Waals surface area contributed by atoms with Gasteiger partial charge in [-0.15, -0.1) is 0 Å². The number of nitrogens with zero attached hydrogens (tertiary/aromatic N) is 2. The highest BCUT2D eigenvalue weighted by atomic mass is 32.2. The van der Waals surface area contributed by atoms with E-state index in [4.69, 9.17) is 13.1 Å². The Morgan fingerprint density at radius 2 is 1.21 bits per heavy atom. The molecular formula is C14H8N2O2S. The summed E-state index contributed by atoms with van der Waals surface area (Å²) < 4.78 is 24.7. The summed E-state index contributed by atoms with van der Waals surface area (Å²) >= 11 is 0. The van der Waals surface area contributed by atoms with E-state index in [2.05, 4.69) is 9.69 Å². The SMILES string of the molecule is [C-]#[N+]c1cccc(S(=O)(=O)c2cccc([N+]#[C-])c2)c1. The molecule has 0 spiro atoms. The van der Waals surface area contributed by atoms with E-state index in [9.17, 15) is 8.42 Å². The van der Waals surface area contributed by atoms with Gasteiger partial charge >= 0.3 is 0 Å². The summed E-state index contributed by atoms with van der Waals surface area (Å²) in [6.07, 6.45) is 0. The Morgan fingerprint density at radius 1 is 0.789 bits per heavy atom. The van der Waals surface area contributed by atoms with Crippen LogP contribution < -0.4 is 0 Å². The van der Waals surface area contributed by atoms with Crippen molar-refractivity contribution in [2.45, 2.75) is 9.79 Å². The van der Waals surface area contributed by atoms with Gasteiger partial charge in [-0.05, 0) is 24.3 Å². The first kappa shape index (κ1) is 12.8. The van der Waals surface area contributed by atoms with Crippen LogP contribution in [0.4, 0.5) is 11.4 Å². The molecule has 0 saturated carbocycles. The van der Waals surface area contributed by atoms with E-state index in [1.807, 2.05) is 0 Å². The molecule has 2 aromatic carbocycles. The highest BCUT2D eigenvalue weighted by molar-refractivity contribution is 7.91. The largest absolute Gasteiger partial charge is 0.238 e. The van der Waals surface area contributed by atoms with Crippen molar-refractivity contribution in [3.63, 3.8) is 0 Å². The molecule has 0 amide bonds. The van der Waals surface area contributed by atoms with Crippen LogP contribution in [0.25, 0.3) is 9.69 Å². The molecule has 2 rings (SSSR count).